The topological polar surface area (TPSA) is 26.3 Å². The van der Waals surface area contributed by atoms with Crippen LogP contribution in [0.4, 0.5) is 0 Å². The molecule has 0 aliphatic heterocycles. The first kappa shape index (κ1) is 8.21. The second-order valence-electron chi connectivity index (χ2n) is 1.70. The van der Waals surface area contributed by atoms with Crippen molar-refractivity contribution in [2.24, 2.45) is 0 Å². The molecule has 0 rings (SSSR count). The molecule has 0 saturated heterocycles. The van der Waals surface area contributed by atoms with Crippen LogP contribution in [0.25, 0.3) is 0 Å². The molecule has 0 radical (unpaired) electrons. The molecule has 1 atom stereocenters. The van der Waals surface area contributed by atoms with Crippen molar-refractivity contribution in [3.05, 3.63) is 12.2 Å². The zero-order valence-corrected chi connectivity index (χ0v) is 5.83. The molecule has 0 aliphatic rings. The lowest BCUT2D eigenvalue weighted by Crippen LogP contribution is -2.05. The minimum Gasteiger partial charge on any atom is -0.460 e. The SMILES string of the molecule is CC=CC(CC)OC=O. The van der Waals surface area contributed by atoms with Gasteiger partial charge in [0.15, 0.2) is 0 Å². The van der Waals surface area contributed by atoms with E-state index in [-0.39, 0.29) is 6.10 Å². The fraction of sp³-hybridized carbons (Fsp3) is 0.571. The van der Waals surface area contributed by atoms with Crippen LogP contribution in [0.5, 0.6) is 0 Å². The van der Waals surface area contributed by atoms with Crippen LogP contribution < -0.4 is 0 Å². The van der Waals surface area contributed by atoms with Crippen LogP contribution in [-0.2, 0) is 9.53 Å². The Labute approximate surface area is 55.5 Å². The molecule has 0 aromatic heterocycles. The summed E-state index contributed by atoms with van der Waals surface area (Å²) >= 11 is 0. The second-order valence-corrected chi connectivity index (χ2v) is 1.70. The van der Waals surface area contributed by atoms with E-state index in [0.29, 0.717) is 6.47 Å². The number of ether oxygens (including phenoxy) is 1. The van der Waals surface area contributed by atoms with Crippen molar-refractivity contribution >= 4 is 6.47 Å². The van der Waals surface area contributed by atoms with E-state index >= 15 is 0 Å². The highest BCUT2D eigenvalue weighted by molar-refractivity contribution is 5.37. The van der Waals surface area contributed by atoms with Gasteiger partial charge in [-0.3, -0.25) is 4.79 Å². The monoisotopic (exact) mass is 128 g/mol. The quantitative estimate of drug-likeness (QED) is 0.424. The first-order chi connectivity index (χ1) is 4.35. The zero-order chi connectivity index (χ0) is 7.11. The molecule has 52 valence electrons. The lowest BCUT2D eigenvalue weighted by molar-refractivity contribution is -0.131. The average Bonchev–Trinajstić information content (AvgIpc) is 1.88. The summed E-state index contributed by atoms with van der Waals surface area (Å²) in [6, 6.07) is 0. The van der Waals surface area contributed by atoms with Crippen molar-refractivity contribution in [3.8, 4) is 0 Å². The zero-order valence-electron chi connectivity index (χ0n) is 5.83. The van der Waals surface area contributed by atoms with Gasteiger partial charge in [0.2, 0.25) is 0 Å². The molecule has 0 amide bonds. The van der Waals surface area contributed by atoms with E-state index in [1.807, 2.05) is 26.0 Å². The third-order valence-electron chi connectivity index (χ3n) is 1.04. The van der Waals surface area contributed by atoms with Gasteiger partial charge in [-0.2, -0.15) is 0 Å². The summed E-state index contributed by atoms with van der Waals surface area (Å²) in [5, 5.41) is 0. The number of hydrogen-bond donors (Lipinski definition) is 0. The Balaban J connectivity index is 3.53. The number of carbonyl (C=O) groups is 1. The van der Waals surface area contributed by atoms with E-state index in [1.165, 1.54) is 0 Å². The van der Waals surface area contributed by atoms with Gasteiger partial charge in [-0.1, -0.05) is 13.0 Å². The van der Waals surface area contributed by atoms with E-state index in [0.717, 1.165) is 6.42 Å². The molecule has 0 bridgehead atoms. The van der Waals surface area contributed by atoms with Crippen molar-refractivity contribution in [1.82, 2.24) is 0 Å². The van der Waals surface area contributed by atoms with Crippen LogP contribution in [0.3, 0.4) is 0 Å². The normalized spacial score (nSPS) is 13.6. The van der Waals surface area contributed by atoms with E-state index in [2.05, 4.69) is 4.74 Å². The molecular weight excluding hydrogens is 116 g/mol. The van der Waals surface area contributed by atoms with Gasteiger partial charge in [0.25, 0.3) is 6.47 Å². The maximum atomic E-state index is 9.79. The van der Waals surface area contributed by atoms with Gasteiger partial charge in [0.1, 0.15) is 6.10 Å². The summed E-state index contributed by atoms with van der Waals surface area (Å²) in [7, 11) is 0. The Morgan fingerprint density at radius 3 is 2.67 bits per heavy atom. The van der Waals surface area contributed by atoms with Gasteiger partial charge in [0.05, 0.1) is 0 Å². The minimum atomic E-state index is -0.0347. The highest BCUT2D eigenvalue weighted by Gasteiger charge is 1.97. The predicted octanol–water partition coefficient (Wildman–Crippen LogP) is 1.51. The minimum absolute atomic E-state index is 0.0347. The molecule has 0 saturated carbocycles. The molecule has 0 spiro atoms. The summed E-state index contributed by atoms with van der Waals surface area (Å²) in [6.45, 7) is 4.35. The summed E-state index contributed by atoms with van der Waals surface area (Å²) < 4.78 is 4.66. The third kappa shape index (κ3) is 3.76. The Kier molecular flexibility index (Phi) is 4.88. The molecule has 2 heteroatoms. The first-order valence-electron chi connectivity index (χ1n) is 3.07. The van der Waals surface area contributed by atoms with E-state index in [4.69, 9.17) is 0 Å². The molecule has 0 aromatic carbocycles. The van der Waals surface area contributed by atoms with Crippen LogP contribution in [0.1, 0.15) is 20.3 Å². The maximum Gasteiger partial charge on any atom is 0.293 e. The van der Waals surface area contributed by atoms with Crippen LogP contribution in [-0.4, -0.2) is 12.6 Å². The Morgan fingerprint density at radius 1 is 1.67 bits per heavy atom. The number of rotatable bonds is 4. The van der Waals surface area contributed by atoms with Gasteiger partial charge >= 0.3 is 0 Å². The lowest BCUT2D eigenvalue weighted by Gasteiger charge is -2.05. The molecule has 0 aliphatic carbocycles. The Hall–Kier alpha value is -0.790. The van der Waals surface area contributed by atoms with Crippen molar-refractivity contribution < 1.29 is 9.53 Å². The van der Waals surface area contributed by atoms with Gasteiger partial charge in [-0.05, 0) is 19.4 Å². The van der Waals surface area contributed by atoms with Crippen molar-refractivity contribution in [3.63, 3.8) is 0 Å². The van der Waals surface area contributed by atoms with Crippen LogP contribution in [0.2, 0.25) is 0 Å². The number of carbonyl (C=O) groups excluding carboxylic acids is 1. The summed E-state index contributed by atoms with van der Waals surface area (Å²) in [4.78, 5) is 9.79. The fourth-order valence-corrected chi connectivity index (χ4v) is 0.564. The maximum absolute atomic E-state index is 9.79. The van der Waals surface area contributed by atoms with E-state index in [9.17, 15) is 4.79 Å². The number of hydrogen-bond acceptors (Lipinski definition) is 2. The van der Waals surface area contributed by atoms with Crippen molar-refractivity contribution in [1.29, 1.82) is 0 Å². The molecule has 0 N–H and O–H groups in total. The second kappa shape index (κ2) is 5.35. The standard InChI is InChI=1S/C7H12O2/c1-3-5-7(4-2)9-6-8/h3,5-7H,4H2,1-2H3. The lowest BCUT2D eigenvalue weighted by atomic mass is 10.2. The average molecular weight is 128 g/mol. The molecule has 1 unspecified atom stereocenters. The molecule has 9 heavy (non-hydrogen) atoms. The number of allylic oxidation sites excluding steroid dienone is 1. The Bertz CT molecular complexity index is 97.1. The Morgan fingerprint density at radius 2 is 2.33 bits per heavy atom. The van der Waals surface area contributed by atoms with Gasteiger partial charge in [-0.15, -0.1) is 0 Å². The smallest absolute Gasteiger partial charge is 0.293 e. The largest absolute Gasteiger partial charge is 0.460 e. The molecule has 0 aromatic rings. The first-order valence-corrected chi connectivity index (χ1v) is 3.07. The van der Waals surface area contributed by atoms with Gasteiger partial charge in [-0.25, -0.2) is 0 Å². The molecule has 0 heterocycles. The molecular formula is C7H12O2. The highest BCUT2D eigenvalue weighted by Crippen LogP contribution is 1.96. The molecule has 2 nitrogen and oxygen atoms in total. The summed E-state index contributed by atoms with van der Waals surface area (Å²) in [5.74, 6) is 0. The van der Waals surface area contributed by atoms with Gasteiger partial charge in [0, 0.05) is 0 Å². The summed E-state index contributed by atoms with van der Waals surface area (Å²) in [6.07, 6.45) is 4.53. The summed E-state index contributed by atoms with van der Waals surface area (Å²) in [5.41, 5.74) is 0. The van der Waals surface area contributed by atoms with Crippen LogP contribution in [0, 0.1) is 0 Å². The van der Waals surface area contributed by atoms with Crippen LogP contribution in [0.15, 0.2) is 12.2 Å². The molecule has 0 fully saturated rings. The van der Waals surface area contributed by atoms with E-state index in [1.54, 1.807) is 0 Å². The predicted molar refractivity (Wildman–Crippen MR) is 36.0 cm³/mol. The fourth-order valence-electron chi connectivity index (χ4n) is 0.564. The van der Waals surface area contributed by atoms with Crippen LogP contribution >= 0.6 is 0 Å². The van der Waals surface area contributed by atoms with E-state index < -0.39 is 0 Å². The highest BCUT2D eigenvalue weighted by atomic mass is 16.5. The van der Waals surface area contributed by atoms with Crippen molar-refractivity contribution in [2.75, 3.05) is 0 Å². The van der Waals surface area contributed by atoms with Crippen molar-refractivity contribution in [2.45, 2.75) is 26.4 Å². The van der Waals surface area contributed by atoms with Gasteiger partial charge < -0.3 is 4.74 Å². The third-order valence-corrected chi connectivity index (χ3v) is 1.04.